The van der Waals surface area contributed by atoms with Gasteiger partial charge in [-0.25, -0.2) is 0 Å². The number of hydrogen-bond donors (Lipinski definition) is 0. The number of halogens is 4. The van der Waals surface area contributed by atoms with Crippen LogP contribution in [0.4, 0.5) is 30.5 Å². The van der Waals surface area contributed by atoms with Crippen LogP contribution in [0.15, 0.2) is 60.7 Å². The Balaban J connectivity index is 2.03. The van der Waals surface area contributed by atoms with Crippen LogP contribution in [-0.2, 0) is 0 Å². The fraction of sp³-hybridized carbons (Fsp3) is 0.118. The molecule has 0 radical (unpaired) electrons. The Labute approximate surface area is 152 Å². The number of para-hydroxylation sites is 2. The Morgan fingerprint density at radius 2 is 1.38 bits per heavy atom. The lowest BCUT2D eigenvalue weighted by molar-refractivity contribution is -0.154. The highest BCUT2D eigenvalue weighted by molar-refractivity contribution is 6.28. The van der Waals surface area contributed by atoms with Crippen LogP contribution < -0.4 is 9.64 Å². The summed E-state index contributed by atoms with van der Waals surface area (Å²) >= 11 is 5.87. The first-order valence-corrected chi connectivity index (χ1v) is 7.81. The maximum Gasteiger partial charge on any atom is 0.422 e. The Kier molecular flexibility index (Phi) is 5.22. The van der Waals surface area contributed by atoms with E-state index in [0.29, 0.717) is 11.4 Å². The zero-order valence-electron chi connectivity index (χ0n) is 13.2. The summed E-state index contributed by atoms with van der Waals surface area (Å²) in [7, 11) is 0. The number of nitrogens with zero attached hydrogens (tertiary/aromatic N) is 4. The lowest BCUT2D eigenvalue weighted by Crippen LogP contribution is -2.21. The molecule has 1 aromatic heterocycles. The number of alkyl halides is 3. The molecule has 0 spiro atoms. The average molecular weight is 381 g/mol. The van der Waals surface area contributed by atoms with Crippen LogP contribution in [0.2, 0.25) is 5.28 Å². The second-order valence-corrected chi connectivity index (χ2v) is 5.44. The van der Waals surface area contributed by atoms with Gasteiger partial charge >= 0.3 is 12.2 Å². The summed E-state index contributed by atoms with van der Waals surface area (Å²) in [5, 5.41) is -0.274. The molecule has 0 saturated carbocycles. The standard InChI is InChI=1S/C17H12ClF3N4O/c18-14-22-15(24-16(23-14)26-11-17(19,20)21)25(12-7-3-1-4-8-12)13-9-5-2-6-10-13/h1-10H,11H2. The van der Waals surface area contributed by atoms with Crippen LogP contribution in [0.3, 0.4) is 0 Å². The highest BCUT2D eigenvalue weighted by Gasteiger charge is 2.29. The lowest BCUT2D eigenvalue weighted by Gasteiger charge is -2.23. The van der Waals surface area contributed by atoms with E-state index in [0.717, 1.165) is 0 Å². The fourth-order valence-electron chi connectivity index (χ4n) is 2.17. The molecule has 3 aromatic rings. The van der Waals surface area contributed by atoms with Crippen molar-refractivity contribution in [1.29, 1.82) is 0 Å². The van der Waals surface area contributed by atoms with Crippen LogP contribution in [0.1, 0.15) is 0 Å². The number of rotatable bonds is 5. The SMILES string of the molecule is FC(F)(F)COc1nc(Cl)nc(N(c2ccccc2)c2ccccc2)n1. The predicted octanol–water partition coefficient (Wildman–Crippen LogP) is 4.94. The molecule has 134 valence electrons. The van der Waals surface area contributed by atoms with Gasteiger partial charge in [0.2, 0.25) is 11.2 Å². The van der Waals surface area contributed by atoms with E-state index in [1.165, 1.54) is 0 Å². The second-order valence-electron chi connectivity index (χ2n) is 5.10. The van der Waals surface area contributed by atoms with Crippen molar-refractivity contribution in [2.45, 2.75) is 6.18 Å². The molecule has 0 amide bonds. The molecule has 0 aliphatic heterocycles. The smallest absolute Gasteiger partial charge is 0.422 e. The first-order chi connectivity index (χ1) is 12.4. The van der Waals surface area contributed by atoms with Crippen molar-refractivity contribution in [3.8, 4) is 6.01 Å². The molecule has 2 aromatic carbocycles. The average Bonchev–Trinajstić information content (AvgIpc) is 2.61. The van der Waals surface area contributed by atoms with Gasteiger partial charge in [0.05, 0.1) is 0 Å². The highest BCUT2D eigenvalue weighted by Crippen LogP contribution is 2.32. The summed E-state index contributed by atoms with van der Waals surface area (Å²) in [5.74, 6) is 0.0413. The Morgan fingerprint density at radius 3 is 1.88 bits per heavy atom. The van der Waals surface area contributed by atoms with E-state index in [2.05, 4.69) is 19.7 Å². The van der Waals surface area contributed by atoms with Crippen molar-refractivity contribution >= 4 is 28.9 Å². The molecule has 0 bridgehead atoms. The molecule has 0 aliphatic carbocycles. The second kappa shape index (κ2) is 7.57. The van der Waals surface area contributed by atoms with Gasteiger partial charge in [-0.05, 0) is 35.9 Å². The minimum atomic E-state index is -4.52. The summed E-state index contributed by atoms with van der Waals surface area (Å²) in [4.78, 5) is 13.3. The molecular formula is C17H12ClF3N4O. The molecule has 0 aliphatic rings. The highest BCUT2D eigenvalue weighted by atomic mass is 35.5. The number of anilines is 3. The topological polar surface area (TPSA) is 51.1 Å². The first-order valence-electron chi connectivity index (χ1n) is 7.44. The van der Waals surface area contributed by atoms with E-state index in [-0.39, 0.29) is 11.2 Å². The third kappa shape index (κ3) is 4.60. The van der Waals surface area contributed by atoms with Gasteiger partial charge in [0.1, 0.15) is 0 Å². The Morgan fingerprint density at radius 1 is 0.846 bits per heavy atom. The molecule has 1 heterocycles. The summed E-state index contributed by atoms with van der Waals surface area (Å²) < 4.78 is 41.8. The molecule has 0 fully saturated rings. The summed E-state index contributed by atoms with van der Waals surface area (Å²) in [5.41, 5.74) is 1.39. The minimum absolute atomic E-state index is 0.0413. The minimum Gasteiger partial charge on any atom is -0.454 e. The van der Waals surface area contributed by atoms with E-state index >= 15 is 0 Å². The van der Waals surface area contributed by atoms with E-state index < -0.39 is 18.8 Å². The van der Waals surface area contributed by atoms with Crippen LogP contribution in [-0.4, -0.2) is 27.7 Å². The van der Waals surface area contributed by atoms with Gasteiger partial charge in [-0.15, -0.1) is 0 Å². The number of benzene rings is 2. The first kappa shape index (κ1) is 17.9. The largest absolute Gasteiger partial charge is 0.454 e. The summed E-state index contributed by atoms with van der Waals surface area (Å²) in [6.45, 7) is -1.52. The van der Waals surface area contributed by atoms with Gasteiger partial charge in [0.15, 0.2) is 6.61 Å². The molecule has 0 saturated heterocycles. The van der Waals surface area contributed by atoms with Crippen LogP contribution in [0.5, 0.6) is 6.01 Å². The van der Waals surface area contributed by atoms with Gasteiger partial charge in [-0.3, -0.25) is 4.90 Å². The van der Waals surface area contributed by atoms with E-state index in [1.807, 2.05) is 36.4 Å². The number of aromatic nitrogens is 3. The molecule has 26 heavy (non-hydrogen) atoms. The monoisotopic (exact) mass is 380 g/mol. The predicted molar refractivity (Wildman–Crippen MR) is 91.1 cm³/mol. The molecule has 3 rings (SSSR count). The van der Waals surface area contributed by atoms with Crippen molar-refractivity contribution in [2.24, 2.45) is 0 Å². The van der Waals surface area contributed by atoms with Crippen LogP contribution >= 0.6 is 11.6 Å². The normalized spacial score (nSPS) is 11.2. The molecule has 0 atom stereocenters. The Bertz CT molecular complexity index is 823. The third-order valence-electron chi connectivity index (χ3n) is 3.17. The molecule has 0 unspecified atom stereocenters. The summed E-state index contributed by atoms with van der Waals surface area (Å²) in [6, 6.07) is 17.7. The quantitative estimate of drug-likeness (QED) is 0.627. The molecule has 5 nitrogen and oxygen atoms in total. The van der Waals surface area contributed by atoms with Gasteiger partial charge in [0.25, 0.3) is 0 Å². The maximum absolute atomic E-state index is 12.4. The van der Waals surface area contributed by atoms with Gasteiger partial charge in [-0.2, -0.15) is 28.1 Å². The number of hydrogen-bond acceptors (Lipinski definition) is 5. The van der Waals surface area contributed by atoms with E-state index in [4.69, 9.17) is 11.6 Å². The molecular weight excluding hydrogens is 369 g/mol. The Hall–Kier alpha value is -2.87. The van der Waals surface area contributed by atoms with E-state index in [9.17, 15) is 13.2 Å². The van der Waals surface area contributed by atoms with E-state index in [1.54, 1.807) is 29.2 Å². The third-order valence-corrected chi connectivity index (χ3v) is 3.34. The van der Waals surface area contributed by atoms with Crippen LogP contribution in [0, 0.1) is 0 Å². The van der Waals surface area contributed by atoms with Crippen molar-refractivity contribution in [1.82, 2.24) is 15.0 Å². The van der Waals surface area contributed by atoms with Gasteiger partial charge in [0, 0.05) is 11.4 Å². The van der Waals surface area contributed by atoms with Gasteiger partial charge < -0.3 is 4.74 Å². The number of ether oxygens (including phenoxy) is 1. The van der Waals surface area contributed by atoms with Gasteiger partial charge in [-0.1, -0.05) is 36.4 Å². The van der Waals surface area contributed by atoms with Crippen molar-refractivity contribution in [3.05, 3.63) is 65.9 Å². The van der Waals surface area contributed by atoms with Crippen molar-refractivity contribution in [2.75, 3.05) is 11.5 Å². The summed E-state index contributed by atoms with van der Waals surface area (Å²) in [6.07, 6.45) is -4.52. The zero-order chi connectivity index (χ0) is 18.6. The fourth-order valence-corrected chi connectivity index (χ4v) is 2.31. The van der Waals surface area contributed by atoms with Crippen LogP contribution in [0.25, 0.3) is 0 Å². The van der Waals surface area contributed by atoms with Crippen molar-refractivity contribution < 1.29 is 17.9 Å². The van der Waals surface area contributed by atoms with Crippen molar-refractivity contribution in [3.63, 3.8) is 0 Å². The molecule has 9 heteroatoms. The lowest BCUT2D eigenvalue weighted by atomic mass is 10.2. The maximum atomic E-state index is 12.4. The zero-order valence-corrected chi connectivity index (χ0v) is 13.9. The molecule has 0 N–H and O–H groups in total.